The molecule has 0 aliphatic heterocycles. The quantitative estimate of drug-likeness (QED) is 0.885. The van der Waals surface area contributed by atoms with Crippen LogP contribution in [0.4, 0.5) is 5.69 Å². The zero-order chi connectivity index (χ0) is 15.6. The fraction of sp³-hybridized carbons (Fsp3) is 0.0769. The largest absolute Gasteiger partial charge is 0.480 e. The maximum Gasteiger partial charge on any atom is 0.323 e. The van der Waals surface area contributed by atoms with E-state index in [1.807, 2.05) is 0 Å². The van der Waals surface area contributed by atoms with Gasteiger partial charge < -0.3 is 10.1 Å². The molecule has 5 nitrogen and oxygen atoms in total. The van der Waals surface area contributed by atoms with Gasteiger partial charge in [0.15, 0.2) is 0 Å². The van der Waals surface area contributed by atoms with E-state index in [4.69, 9.17) is 39.9 Å². The molecule has 0 saturated heterocycles. The molecule has 0 bridgehead atoms. The predicted octanol–water partition coefficient (Wildman–Crippen LogP) is 3.71. The minimum Gasteiger partial charge on any atom is -0.480 e. The monoisotopic (exact) mass is 346 g/mol. The Kier molecular flexibility index (Phi) is 4.77. The maximum atomic E-state index is 12.4. The molecular formula is C13H9Cl3N2O3. The molecule has 0 unspecified atom stereocenters. The molecule has 8 heteroatoms. The highest BCUT2D eigenvalue weighted by atomic mass is 35.5. The van der Waals surface area contributed by atoms with Crippen LogP contribution in [0, 0.1) is 0 Å². The summed E-state index contributed by atoms with van der Waals surface area (Å²) in [7, 11) is 0. The molecule has 1 aromatic heterocycles. The fourth-order valence-corrected chi connectivity index (χ4v) is 2.14. The van der Waals surface area contributed by atoms with Crippen LogP contribution in [-0.2, 0) is 4.79 Å². The summed E-state index contributed by atoms with van der Waals surface area (Å²) in [5.74, 6) is -1.71. The number of hydrogen-bond acceptors (Lipinski definition) is 2. The summed E-state index contributed by atoms with van der Waals surface area (Å²) in [4.78, 5) is 27.1. The number of amides is 1. The summed E-state index contributed by atoms with van der Waals surface area (Å²) in [6.07, 6.45) is 0. The number of H-pyrrole nitrogens is 1. The van der Waals surface area contributed by atoms with Crippen molar-refractivity contribution in [1.29, 1.82) is 0 Å². The number of benzene rings is 1. The molecule has 1 aromatic carbocycles. The Hall–Kier alpha value is -1.69. The number of aromatic nitrogens is 1. The van der Waals surface area contributed by atoms with E-state index in [0.717, 1.165) is 4.90 Å². The molecule has 2 rings (SSSR count). The minimum absolute atomic E-state index is 0.0983. The summed E-state index contributed by atoms with van der Waals surface area (Å²) >= 11 is 17.3. The second kappa shape index (κ2) is 6.39. The van der Waals surface area contributed by atoms with Crippen molar-refractivity contribution in [2.75, 3.05) is 11.4 Å². The second-order valence-corrected chi connectivity index (χ2v) is 5.33. The number of carboxylic acids is 1. The summed E-state index contributed by atoms with van der Waals surface area (Å²) in [5.41, 5.74) is 0.495. The van der Waals surface area contributed by atoms with Gasteiger partial charge in [-0.25, -0.2) is 0 Å². The van der Waals surface area contributed by atoms with Gasteiger partial charge in [0.05, 0.1) is 5.02 Å². The number of anilines is 1. The van der Waals surface area contributed by atoms with Crippen LogP contribution >= 0.6 is 34.8 Å². The smallest absolute Gasteiger partial charge is 0.323 e. The number of carboxylic acid groups (broad SMARTS) is 1. The van der Waals surface area contributed by atoms with E-state index < -0.39 is 18.4 Å². The molecular weight excluding hydrogens is 339 g/mol. The lowest BCUT2D eigenvalue weighted by Gasteiger charge is -2.20. The van der Waals surface area contributed by atoms with Gasteiger partial charge in [0.1, 0.15) is 17.4 Å². The zero-order valence-corrected chi connectivity index (χ0v) is 12.7. The molecule has 110 valence electrons. The SMILES string of the molecule is O=C(O)CN(C(=O)c1cc(Cl)c(Cl)[nH]1)c1ccc(Cl)cc1. The number of hydrogen-bond donors (Lipinski definition) is 2. The molecule has 2 aromatic rings. The zero-order valence-electron chi connectivity index (χ0n) is 10.4. The minimum atomic E-state index is -1.15. The molecule has 0 spiro atoms. The molecule has 0 atom stereocenters. The van der Waals surface area contributed by atoms with E-state index >= 15 is 0 Å². The molecule has 0 aliphatic carbocycles. The van der Waals surface area contributed by atoms with Crippen molar-refractivity contribution >= 4 is 52.4 Å². The molecule has 0 saturated carbocycles. The van der Waals surface area contributed by atoms with E-state index in [0.29, 0.717) is 10.7 Å². The number of halogens is 3. The van der Waals surface area contributed by atoms with Crippen LogP contribution < -0.4 is 4.90 Å². The lowest BCUT2D eigenvalue weighted by molar-refractivity contribution is -0.135. The van der Waals surface area contributed by atoms with Crippen LogP contribution in [0.25, 0.3) is 0 Å². The van der Waals surface area contributed by atoms with Crippen molar-refractivity contribution in [1.82, 2.24) is 4.98 Å². The Balaban J connectivity index is 2.37. The van der Waals surface area contributed by atoms with Gasteiger partial charge in [-0.1, -0.05) is 34.8 Å². The molecule has 0 radical (unpaired) electrons. The van der Waals surface area contributed by atoms with Crippen LogP contribution in [-0.4, -0.2) is 28.5 Å². The highest BCUT2D eigenvalue weighted by Gasteiger charge is 2.22. The van der Waals surface area contributed by atoms with E-state index in [9.17, 15) is 9.59 Å². The first-order valence-electron chi connectivity index (χ1n) is 5.71. The normalized spacial score (nSPS) is 10.4. The van der Waals surface area contributed by atoms with Crippen molar-refractivity contribution in [3.8, 4) is 0 Å². The van der Waals surface area contributed by atoms with Gasteiger partial charge in [0, 0.05) is 10.7 Å². The van der Waals surface area contributed by atoms with E-state index in [1.54, 1.807) is 24.3 Å². The summed E-state index contributed by atoms with van der Waals surface area (Å²) in [5, 5.41) is 9.76. The maximum absolute atomic E-state index is 12.4. The van der Waals surface area contributed by atoms with Crippen LogP contribution in [0.3, 0.4) is 0 Å². The van der Waals surface area contributed by atoms with Gasteiger partial charge in [0.2, 0.25) is 0 Å². The number of aromatic amines is 1. The lowest BCUT2D eigenvalue weighted by atomic mass is 10.2. The number of carbonyl (C=O) groups excluding carboxylic acids is 1. The van der Waals surface area contributed by atoms with Gasteiger partial charge in [-0.3, -0.25) is 14.5 Å². The van der Waals surface area contributed by atoms with E-state index in [-0.39, 0.29) is 15.9 Å². The highest BCUT2D eigenvalue weighted by Crippen LogP contribution is 2.25. The molecule has 0 fully saturated rings. The molecule has 21 heavy (non-hydrogen) atoms. The first kappa shape index (κ1) is 15.7. The predicted molar refractivity (Wildman–Crippen MR) is 81.6 cm³/mol. The number of nitrogens with one attached hydrogen (secondary N) is 1. The van der Waals surface area contributed by atoms with Crippen LogP contribution in [0.15, 0.2) is 30.3 Å². The van der Waals surface area contributed by atoms with Gasteiger partial charge in [-0.2, -0.15) is 0 Å². The second-order valence-electron chi connectivity index (χ2n) is 4.11. The van der Waals surface area contributed by atoms with Crippen molar-refractivity contribution in [2.45, 2.75) is 0 Å². The Labute approximate surface area is 135 Å². The van der Waals surface area contributed by atoms with Gasteiger partial charge >= 0.3 is 5.97 Å². The number of carbonyl (C=O) groups is 2. The number of aliphatic carboxylic acids is 1. The third-order valence-electron chi connectivity index (χ3n) is 2.63. The van der Waals surface area contributed by atoms with Crippen molar-refractivity contribution in [2.24, 2.45) is 0 Å². The number of rotatable bonds is 4. The van der Waals surface area contributed by atoms with Crippen LogP contribution in [0.5, 0.6) is 0 Å². The molecule has 0 aliphatic rings. The lowest BCUT2D eigenvalue weighted by Crippen LogP contribution is -2.35. The van der Waals surface area contributed by atoms with Crippen molar-refractivity contribution < 1.29 is 14.7 Å². The summed E-state index contributed by atoms with van der Waals surface area (Å²) in [6.45, 7) is -0.505. The fourth-order valence-electron chi connectivity index (χ4n) is 1.70. The Bertz CT molecular complexity index is 663. The average molecular weight is 348 g/mol. The average Bonchev–Trinajstić information content (AvgIpc) is 2.76. The van der Waals surface area contributed by atoms with E-state index in [1.165, 1.54) is 6.07 Å². The van der Waals surface area contributed by atoms with Gasteiger partial charge in [0.25, 0.3) is 5.91 Å². The van der Waals surface area contributed by atoms with Crippen molar-refractivity contribution in [3.63, 3.8) is 0 Å². The standard InChI is InChI=1S/C13H9Cl3N2O3/c14-7-1-3-8(4-2-7)18(6-11(19)20)13(21)10-5-9(15)12(16)17-10/h1-5,17H,6H2,(H,19,20). The molecule has 1 heterocycles. The Morgan fingerprint density at radius 3 is 2.24 bits per heavy atom. The summed E-state index contributed by atoms with van der Waals surface area (Å²) in [6, 6.07) is 7.57. The third-order valence-corrected chi connectivity index (χ3v) is 3.58. The Morgan fingerprint density at radius 2 is 1.76 bits per heavy atom. The van der Waals surface area contributed by atoms with Gasteiger partial charge in [-0.15, -0.1) is 0 Å². The van der Waals surface area contributed by atoms with Crippen molar-refractivity contribution in [3.05, 3.63) is 51.2 Å². The van der Waals surface area contributed by atoms with Crippen LogP contribution in [0.1, 0.15) is 10.5 Å². The third kappa shape index (κ3) is 3.69. The summed E-state index contributed by atoms with van der Waals surface area (Å²) < 4.78 is 0. The first-order valence-corrected chi connectivity index (χ1v) is 6.85. The molecule has 2 N–H and O–H groups in total. The van der Waals surface area contributed by atoms with Gasteiger partial charge in [-0.05, 0) is 30.3 Å². The van der Waals surface area contributed by atoms with E-state index in [2.05, 4.69) is 4.98 Å². The highest BCUT2D eigenvalue weighted by molar-refractivity contribution is 6.41. The molecule has 1 amide bonds. The van der Waals surface area contributed by atoms with Crippen LogP contribution in [0.2, 0.25) is 15.2 Å². The topological polar surface area (TPSA) is 73.4 Å². The first-order chi connectivity index (χ1) is 9.88. The number of nitrogens with zero attached hydrogens (tertiary/aromatic N) is 1. The Morgan fingerprint density at radius 1 is 1.14 bits per heavy atom.